The Bertz CT molecular complexity index is 3310. The molecule has 0 spiro atoms. The van der Waals surface area contributed by atoms with E-state index in [1.165, 1.54) is 121 Å². The summed E-state index contributed by atoms with van der Waals surface area (Å²) in [5, 5.41) is 10.5. The molecule has 0 nitrogen and oxygen atoms in total. The third kappa shape index (κ3) is 8.15. The molecule has 0 aliphatic rings. The Hall–Kier alpha value is -6.76. The Morgan fingerprint density at radius 3 is 0.750 bits per heavy atom. The van der Waals surface area contributed by atoms with Crippen LogP contribution in [-0.2, 0) is 10.8 Å². The number of fused-ring (bicyclic) bond motifs is 4. The zero-order valence-corrected chi connectivity index (χ0v) is 39.3. The third-order valence-electron chi connectivity index (χ3n) is 13.1. The van der Waals surface area contributed by atoms with Gasteiger partial charge in [0, 0.05) is 0 Å². The SMILES string of the molecule is Cc1ccc(-c2c3ccccc3c(-c3ccc(C)cc3)c3cc(C)ccc23)cc1.Cc1ccc2c(-c3ccc(C(C)(C)C)cc3)c3ccccc3c(-c3ccc(C(C)(C)C)cc3)c2c1. The van der Waals surface area contributed by atoms with E-state index in [0.29, 0.717) is 0 Å². The molecule has 0 aliphatic carbocycles. The van der Waals surface area contributed by atoms with Crippen molar-refractivity contribution in [2.75, 3.05) is 0 Å². The lowest BCUT2D eigenvalue weighted by Crippen LogP contribution is -2.10. The molecule has 64 heavy (non-hydrogen) atoms. The molecule has 0 bridgehead atoms. The fourth-order valence-corrected chi connectivity index (χ4v) is 9.54. The molecule has 0 heterocycles. The topological polar surface area (TPSA) is 0 Å². The Morgan fingerprint density at radius 1 is 0.234 bits per heavy atom. The zero-order chi connectivity index (χ0) is 44.9. The number of benzene rings is 10. The summed E-state index contributed by atoms with van der Waals surface area (Å²) >= 11 is 0. The van der Waals surface area contributed by atoms with Crippen molar-refractivity contribution in [3.8, 4) is 44.5 Å². The molecule has 0 saturated carbocycles. The Kier molecular flexibility index (Phi) is 11.1. The standard InChI is InChI=1S/C35H36.C29H24/c1-23-12-21-30-31(22-23)33(25-15-19-27(20-16-25)35(5,6)7)29-11-9-8-10-28(29)32(30)24-13-17-26(18-14-24)34(2,3)4;1-19-8-13-22(14-9-19)28-24-6-4-5-7-25(24)29(23-15-10-20(2)11-16-23)27-18-21(3)12-17-26(27)28/h8-22H,1-7H3;4-18H,1-3H3. The first kappa shape index (κ1) is 42.5. The molecule has 0 atom stereocenters. The maximum Gasteiger partial charge on any atom is -0.00263 e. The van der Waals surface area contributed by atoms with Gasteiger partial charge >= 0.3 is 0 Å². The van der Waals surface area contributed by atoms with Crippen LogP contribution in [0.2, 0.25) is 0 Å². The number of hydrogen-bond donors (Lipinski definition) is 0. The van der Waals surface area contributed by atoms with Crippen LogP contribution in [0, 0.1) is 27.7 Å². The van der Waals surface area contributed by atoms with E-state index < -0.39 is 0 Å². The van der Waals surface area contributed by atoms with Crippen LogP contribution in [-0.4, -0.2) is 0 Å². The van der Waals surface area contributed by atoms with Crippen molar-refractivity contribution in [3.05, 3.63) is 215 Å². The Morgan fingerprint density at radius 2 is 0.469 bits per heavy atom. The normalized spacial score (nSPS) is 11.9. The second kappa shape index (κ2) is 16.7. The van der Waals surface area contributed by atoms with E-state index in [-0.39, 0.29) is 10.8 Å². The Balaban J connectivity index is 0.000000165. The summed E-state index contributed by atoms with van der Waals surface area (Å²) in [6, 6.07) is 67.8. The van der Waals surface area contributed by atoms with Gasteiger partial charge in [-0.1, -0.05) is 246 Å². The molecule has 0 aliphatic heterocycles. The van der Waals surface area contributed by atoms with Gasteiger partial charge in [0.25, 0.3) is 0 Å². The van der Waals surface area contributed by atoms with Gasteiger partial charge < -0.3 is 0 Å². The van der Waals surface area contributed by atoms with Crippen molar-refractivity contribution >= 4 is 43.1 Å². The van der Waals surface area contributed by atoms with Crippen molar-refractivity contribution in [2.24, 2.45) is 0 Å². The summed E-state index contributed by atoms with van der Waals surface area (Å²) in [5.41, 5.74) is 18.6. The van der Waals surface area contributed by atoms with Gasteiger partial charge in [-0.2, -0.15) is 0 Å². The molecule has 0 heteroatoms. The van der Waals surface area contributed by atoms with Crippen LogP contribution in [0.5, 0.6) is 0 Å². The third-order valence-corrected chi connectivity index (χ3v) is 13.1. The molecule has 10 aromatic rings. The minimum Gasteiger partial charge on any atom is -0.0616 e. The number of hydrogen-bond acceptors (Lipinski definition) is 0. The molecule has 316 valence electrons. The zero-order valence-electron chi connectivity index (χ0n) is 39.3. The fourth-order valence-electron chi connectivity index (χ4n) is 9.54. The molecule has 0 radical (unpaired) electrons. The van der Waals surface area contributed by atoms with E-state index in [1.807, 2.05) is 0 Å². The molecule has 0 N–H and O–H groups in total. The Labute approximate surface area is 381 Å². The van der Waals surface area contributed by atoms with Gasteiger partial charge in [0.15, 0.2) is 0 Å². The molecule has 0 unspecified atom stereocenters. The first-order valence-corrected chi connectivity index (χ1v) is 22.9. The lowest BCUT2D eigenvalue weighted by atomic mass is 9.82. The molecule has 0 fully saturated rings. The average Bonchev–Trinajstić information content (AvgIpc) is 3.28. The molecule has 10 aromatic carbocycles. The van der Waals surface area contributed by atoms with Gasteiger partial charge in [0.1, 0.15) is 0 Å². The van der Waals surface area contributed by atoms with E-state index in [4.69, 9.17) is 0 Å². The summed E-state index contributed by atoms with van der Waals surface area (Å²) in [5.74, 6) is 0. The van der Waals surface area contributed by atoms with Crippen LogP contribution >= 0.6 is 0 Å². The van der Waals surface area contributed by atoms with Gasteiger partial charge in [0.2, 0.25) is 0 Å². The highest BCUT2D eigenvalue weighted by Crippen LogP contribution is 2.46. The van der Waals surface area contributed by atoms with Gasteiger partial charge in [-0.3, -0.25) is 0 Å². The predicted molar refractivity (Wildman–Crippen MR) is 281 cm³/mol. The number of rotatable bonds is 4. The maximum absolute atomic E-state index is 2.36. The highest BCUT2D eigenvalue weighted by molar-refractivity contribution is 6.22. The molecule has 0 aromatic heterocycles. The van der Waals surface area contributed by atoms with Crippen molar-refractivity contribution < 1.29 is 0 Å². The minimum absolute atomic E-state index is 0.141. The first-order valence-electron chi connectivity index (χ1n) is 22.9. The van der Waals surface area contributed by atoms with E-state index in [9.17, 15) is 0 Å². The van der Waals surface area contributed by atoms with Crippen molar-refractivity contribution in [1.29, 1.82) is 0 Å². The summed E-state index contributed by atoms with van der Waals surface area (Å²) in [7, 11) is 0. The largest absolute Gasteiger partial charge is 0.0616 e. The van der Waals surface area contributed by atoms with Gasteiger partial charge in [-0.15, -0.1) is 0 Å². The van der Waals surface area contributed by atoms with E-state index in [1.54, 1.807) is 0 Å². The molecular formula is C64H60. The predicted octanol–water partition coefficient (Wildman–Crippen LogP) is 18.5. The van der Waals surface area contributed by atoms with Gasteiger partial charge in [0.05, 0.1) is 0 Å². The molecule has 0 amide bonds. The second-order valence-corrected chi connectivity index (χ2v) is 20.1. The number of aryl methyl sites for hydroxylation is 4. The van der Waals surface area contributed by atoms with Crippen LogP contribution in [0.4, 0.5) is 0 Å². The van der Waals surface area contributed by atoms with Crippen LogP contribution in [0.3, 0.4) is 0 Å². The van der Waals surface area contributed by atoms with Crippen LogP contribution in [0.15, 0.2) is 182 Å². The monoisotopic (exact) mass is 828 g/mol. The first-order chi connectivity index (χ1) is 30.7. The summed E-state index contributed by atoms with van der Waals surface area (Å²) in [6.45, 7) is 22.3. The molecule has 10 rings (SSSR count). The van der Waals surface area contributed by atoms with Crippen LogP contribution in [0.1, 0.15) is 74.9 Å². The molecular weight excluding hydrogens is 769 g/mol. The van der Waals surface area contributed by atoms with Gasteiger partial charge in [-0.05, 0) is 137 Å². The van der Waals surface area contributed by atoms with E-state index >= 15 is 0 Å². The van der Waals surface area contributed by atoms with Crippen molar-refractivity contribution in [3.63, 3.8) is 0 Å². The summed E-state index contributed by atoms with van der Waals surface area (Å²) in [6.07, 6.45) is 0. The van der Waals surface area contributed by atoms with Crippen LogP contribution in [0.25, 0.3) is 87.6 Å². The molecule has 0 saturated heterocycles. The summed E-state index contributed by atoms with van der Waals surface area (Å²) < 4.78 is 0. The highest BCUT2D eigenvalue weighted by atomic mass is 14.2. The minimum atomic E-state index is 0.141. The smallest absolute Gasteiger partial charge is 0.00263 e. The van der Waals surface area contributed by atoms with Gasteiger partial charge in [-0.25, -0.2) is 0 Å². The second-order valence-electron chi connectivity index (χ2n) is 20.1. The van der Waals surface area contributed by atoms with E-state index in [0.717, 1.165) is 0 Å². The lowest BCUT2D eigenvalue weighted by Gasteiger charge is -2.22. The fraction of sp³-hybridized carbons (Fsp3) is 0.188. The van der Waals surface area contributed by atoms with Crippen molar-refractivity contribution in [2.45, 2.75) is 80.1 Å². The highest BCUT2D eigenvalue weighted by Gasteiger charge is 2.21. The van der Waals surface area contributed by atoms with E-state index in [2.05, 4.69) is 251 Å². The maximum atomic E-state index is 2.36. The van der Waals surface area contributed by atoms with Crippen LogP contribution < -0.4 is 0 Å². The average molecular weight is 829 g/mol. The van der Waals surface area contributed by atoms with Crippen molar-refractivity contribution in [1.82, 2.24) is 0 Å². The quantitative estimate of drug-likeness (QED) is 0.155. The lowest BCUT2D eigenvalue weighted by molar-refractivity contribution is 0.590. The summed E-state index contributed by atoms with van der Waals surface area (Å²) in [4.78, 5) is 0.